The van der Waals surface area contributed by atoms with Gasteiger partial charge in [0.15, 0.2) is 0 Å². The fourth-order valence-electron chi connectivity index (χ4n) is 0.977. The molecule has 0 unspecified atom stereocenters. The van der Waals surface area contributed by atoms with E-state index in [1.165, 1.54) is 0 Å². The van der Waals surface area contributed by atoms with Crippen molar-refractivity contribution in [1.82, 2.24) is 18.2 Å². The summed E-state index contributed by atoms with van der Waals surface area (Å²) in [6, 6.07) is 1.98. The van der Waals surface area contributed by atoms with Crippen molar-refractivity contribution in [3.63, 3.8) is 0 Å². The van der Waals surface area contributed by atoms with Gasteiger partial charge in [-0.3, -0.25) is 0 Å². The first-order valence-corrected chi connectivity index (χ1v) is 5.27. The van der Waals surface area contributed by atoms with E-state index in [9.17, 15) is 0 Å². The Labute approximate surface area is 96.4 Å². The van der Waals surface area contributed by atoms with Gasteiger partial charge in [0.2, 0.25) is 0 Å². The number of aryl methyl sites for hydroxylation is 1. The molecule has 0 radical (unpaired) electrons. The third-order valence-electron chi connectivity index (χ3n) is 1.48. The first kappa shape index (κ1) is 8.60. The van der Waals surface area contributed by atoms with Crippen molar-refractivity contribution in [3.8, 4) is 0 Å². The van der Waals surface area contributed by atoms with E-state index in [4.69, 9.17) is 0 Å². The van der Waals surface area contributed by atoms with E-state index in [0.29, 0.717) is 0 Å². The minimum Gasteiger partial charge on any atom is -0.245 e. The molecule has 0 saturated heterocycles. The maximum Gasteiger partial charge on any atom is 0.145 e. The van der Waals surface area contributed by atoms with Crippen LogP contribution in [0, 0.1) is 10.6 Å². The molecule has 2 heterocycles. The van der Waals surface area contributed by atoms with Crippen LogP contribution in [0.1, 0.15) is 5.69 Å². The van der Waals surface area contributed by atoms with Crippen molar-refractivity contribution < 1.29 is 0 Å². The maximum absolute atomic E-state index is 4.28. The standard InChI is InChI=1S/C6H4I2N4/c1-3-2-4-5(6(7)9-3)10-11-12(4)8/h2H,1H3. The van der Waals surface area contributed by atoms with E-state index in [2.05, 4.69) is 60.8 Å². The number of pyridine rings is 1. The topological polar surface area (TPSA) is 43.6 Å². The Balaban J connectivity index is 2.92. The molecule has 0 saturated carbocycles. The highest BCUT2D eigenvalue weighted by atomic mass is 127. The molecule has 0 aliphatic carbocycles. The monoisotopic (exact) mass is 386 g/mol. The second kappa shape index (κ2) is 3.05. The van der Waals surface area contributed by atoms with Gasteiger partial charge in [0.25, 0.3) is 0 Å². The molecular formula is C6H4I2N4. The molecular weight excluding hydrogens is 382 g/mol. The molecule has 0 amide bonds. The van der Waals surface area contributed by atoms with Crippen LogP contribution >= 0.6 is 45.5 Å². The SMILES string of the molecule is Cc1cc2c(nnn2I)c(I)n1. The molecule has 2 rings (SSSR count). The predicted molar refractivity (Wildman–Crippen MR) is 62.2 cm³/mol. The summed E-state index contributed by atoms with van der Waals surface area (Å²) in [5.41, 5.74) is 2.88. The molecule has 0 bridgehead atoms. The Kier molecular flexibility index (Phi) is 2.19. The van der Waals surface area contributed by atoms with Crippen LogP contribution in [0.25, 0.3) is 11.0 Å². The van der Waals surface area contributed by atoms with Gasteiger partial charge in [-0.2, -0.15) is 2.90 Å². The molecule has 6 heteroatoms. The van der Waals surface area contributed by atoms with Gasteiger partial charge >= 0.3 is 0 Å². The van der Waals surface area contributed by atoms with Gasteiger partial charge in [0.1, 0.15) is 14.7 Å². The van der Waals surface area contributed by atoms with Gasteiger partial charge in [-0.25, -0.2) is 4.98 Å². The zero-order chi connectivity index (χ0) is 8.72. The molecule has 0 N–H and O–H groups in total. The second-order valence-corrected chi connectivity index (χ2v) is 4.31. The molecule has 0 spiro atoms. The summed E-state index contributed by atoms with van der Waals surface area (Å²) in [6.07, 6.45) is 0. The number of fused-ring (bicyclic) bond motifs is 1. The van der Waals surface area contributed by atoms with Crippen molar-refractivity contribution >= 4 is 56.5 Å². The summed E-state index contributed by atoms with van der Waals surface area (Å²) < 4.78 is 2.63. The zero-order valence-corrected chi connectivity index (χ0v) is 10.4. The Morgan fingerprint density at radius 3 is 3.00 bits per heavy atom. The lowest BCUT2D eigenvalue weighted by Gasteiger charge is -1.94. The highest BCUT2D eigenvalue weighted by Crippen LogP contribution is 2.18. The number of nitrogens with zero attached hydrogens (tertiary/aromatic N) is 4. The van der Waals surface area contributed by atoms with E-state index >= 15 is 0 Å². The lowest BCUT2D eigenvalue weighted by molar-refractivity contribution is 0.937. The molecule has 0 aliphatic heterocycles. The summed E-state index contributed by atoms with van der Waals surface area (Å²) in [5.74, 6) is 0. The molecule has 62 valence electrons. The Morgan fingerprint density at radius 1 is 1.50 bits per heavy atom. The van der Waals surface area contributed by atoms with Crippen molar-refractivity contribution in [2.24, 2.45) is 0 Å². The van der Waals surface area contributed by atoms with Crippen LogP contribution in [0.2, 0.25) is 0 Å². The van der Waals surface area contributed by atoms with Gasteiger partial charge in [-0.1, -0.05) is 5.21 Å². The van der Waals surface area contributed by atoms with Crippen molar-refractivity contribution in [1.29, 1.82) is 0 Å². The quantitative estimate of drug-likeness (QED) is 0.514. The van der Waals surface area contributed by atoms with Crippen molar-refractivity contribution in [2.75, 3.05) is 0 Å². The number of rotatable bonds is 0. The Hall–Kier alpha value is 0.0100. The largest absolute Gasteiger partial charge is 0.245 e. The normalized spacial score (nSPS) is 10.9. The molecule has 2 aromatic heterocycles. The van der Waals surface area contributed by atoms with Crippen LogP contribution < -0.4 is 0 Å². The Morgan fingerprint density at radius 2 is 2.25 bits per heavy atom. The van der Waals surface area contributed by atoms with Crippen LogP contribution in [0.15, 0.2) is 6.07 Å². The molecule has 4 nitrogen and oxygen atoms in total. The number of aromatic nitrogens is 4. The van der Waals surface area contributed by atoms with E-state index in [1.807, 2.05) is 13.0 Å². The number of halogens is 2. The van der Waals surface area contributed by atoms with Gasteiger partial charge in [-0.15, -0.1) is 5.10 Å². The van der Waals surface area contributed by atoms with Crippen LogP contribution in [0.3, 0.4) is 0 Å². The van der Waals surface area contributed by atoms with E-state index in [1.54, 1.807) is 2.90 Å². The van der Waals surface area contributed by atoms with Crippen molar-refractivity contribution in [3.05, 3.63) is 15.5 Å². The minimum atomic E-state index is 0.871. The molecule has 0 aliphatic rings. The molecule has 0 aromatic carbocycles. The van der Waals surface area contributed by atoms with Gasteiger partial charge in [-0.05, 0) is 35.6 Å². The average molecular weight is 386 g/mol. The van der Waals surface area contributed by atoms with Crippen LogP contribution in [-0.4, -0.2) is 18.2 Å². The lowest BCUT2D eigenvalue weighted by Crippen LogP contribution is -1.87. The lowest BCUT2D eigenvalue weighted by atomic mass is 10.3. The van der Waals surface area contributed by atoms with E-state index in [-0.39, 0.29) is 0 Å². The van der Waals surface area contributed by atoms with Crippen LogP contribution in [0.5, 0.6) is 0 Å². The number of hydrogen-bond acceptors (Lipinski definition) is 3. The summed E-state index contributed by atoms with van der Waals surface area (Å²) in [5, 5.41) is 7.90. The number of hydrogen-bond donors (Lipinski definition) is 0. The molecule has 2 aromatic rings. The third-order valence-corrected chi connectivity index (χ3v) is 2.95. The van der Waals surface area contributed by atoms with Gasteiger partial charge in [0, 0.05) is 5.69 Å². The van der Waals surface area contributed by atoms with Crippen molar-refractivity contribution in [2.45, 2.75) is 6.92 Å². The summed E-state index contributed by atoms with van der Waals surface area (Å²) >= 11 is 4.27. The molecule has 0 atom stereocenters. The Bertz CT molecular complexity index is 436. The predicted octanol–water partition coefficient (Wildman–Crippen LogP) is 1.94. The minimum absolute atomic E-state index is 0.871. The van der Waals surface area contributed by atoms with E-state index in [0.717, 1.165) is 20.4 Å². The van der Waals surface area contributed by atoms with Crippen LogP contribution in [0.4, 0.5) is 0 Å². The fraction of sp³-hybridized carbons (Fsp3) is 0.167. The van der Waals surface area contributed by atoms with Gasteiger partial charge < -0.3 is 0 Å². The smallest absolute Gasteiger partial charge is 0.145 e. The maximum atomic E-state index is 4.28. The summed E-state index contributed by atoms with van der Waals surface area (Å²) in [4.78, 5) is 4.28. The summed E-state index contributed by atoms with van der Waals surface area (Å²) in [6.45, 7) is 1.96. The van der Waals surface area contributed by atoms with E-state index < -0.39 is 0 Å². The molecule has 0 fully saturated rings. The fourth-order valence-corrected chi connectivity index (χ4v) is 2.21. The first-order chi connectivity index (χ1) is 5.68. The highest BCUT2D eigenvalue weighted by Gasteiger charge is 2.07. The zero-order valence-electron chi connectivity index (χ0n) is 6.12. The summed E-state index contributed by atoms with van der Waals surface area (Å²) in [7, 11) is 0. The average Bonchev–Trinajstić information content (AvgIpc) is 2.33. The molecule has 12 heavy (non-hydrogen) atoms. The van der Waals surface area contributed by atoms with Crippen LogP contribution in [-0.2, 0) is 0 Å². The highest BCUT2D eigenvalue weighted by molar-refractivity contribution is 14.1. The first-order valence-electron chi connectivity index (χ1n) is 3.23. The van der Waals surface area contributed by atoms with Gasteiger partial charge in [0.05, 0.1) is 22.9 Å². The third kappa shape index (κ3) is 1.30. The second-order valence-electron chi connectivity index (χ2n) is 2.37.